The van der Waals surface area contributed by atoms with Crippen LogP contribution in [0.1, 0.15) is 12.5 Å². The Morgan fingerprint density at radius 2 is 1.52 bits per heavy atom. The fourth-order valence-corrected chi connectivity index (χ4v) is 2.29. The van der Waals surface area contributed by atoms with Crippen LogP contribution in [-0.4, -0.2) is 15.9 Å². The van der Waals surface area contributed by atoms with Crippen LogP contribution in [0.15, 0.2) is 79.1 Å². The van der Waals surface area contributed by atoms with Gasteiger partial charge in [0.1, 0.15) is 0 Å². The lowest BCUT2D eigenvalue weighted by Gasteiger charge is -2.07. The van der Waals surface area contributed by atoms with Crippen molar-refractivity contribution in [1.29, 1.82) is 0 Å². The second-order valence-electron chi connectivity index (χ2n) is 5.46. The summed E-state index contributed by atoms with van der Waals surface area (Å²) in [4.78, 5) is 20.4. The summed E-state index contributed by atoms with van der Waals surface area (Å²) in [6, 6.07) is 18.9. The number of nitrogens with zero attached hydrogens (tertiary/aromatic N) is 2. The lowest BCUT2D eigenvalue weighted by atomic mass is 10.1. The third-order valence-corrected chi connectivity index (χ3v) is 3.55. The van der Waals surface area contributed by atoms with E-state index < -0.39 is 0 Å². The fraction of sp³-hybridized carbons (Fsp3) is 0.0500. The van der Waals surface area contributed by atoms with Gasteiger partial charge in [0.05, 0.1) is 0 Å². The number of carbonyl (C=O) groups is 1. The van der Waals surface area contributed by atoms with E-state index in [1.54, 1.807) is 24.5 Å². The van der Waals surface area contributed by atoms with Crippen molar-refractivity contribution in [3.8, 4) is 0 Å². The number of amides is 1. The molecule has 0 spiro atoms. The summed E-state index contributed by atoms with van der Waals surface area (Å²) in [5, 5.41) is 5.95. The van der Waals surface area contributed by atoms with E-state index in [-0.39, 0.29) is 5.91 Å². The summed E-state index contributed by atoms with van der Waals surface area (Å²) in [6.07, 6.45) is 4.94. The Bertz CT molecular complexity index is 859. The summed E-state index contributed by atoms with van der Waals surface area (Å²) < 4.78 is 0. The topological polar surface area (TPSA) is 66.9 Å². The average Bonchev–Trinajstić information content (AvgIpc) is 2.65. The van der Waals surface area contributed by atoms with E-state index >= 15 is 0 Å². The first-order chi connectivity index (χ1) is 12.2. The molecule has 1 amide bonds. The van der Waals surface area contributed by atoms with Crippen molar-refractivity contribution in [2.24, 2.45) is 0 Å². The lowest BCUT2D eigenvalue weighted by molar-refractivity contribution is -0.111. The number of hydrogen-bond donors (Lipinski definition) is 2. The molecule has 5 nitrogen and oxygen atoms in total. The Balaban J connectivity index is 1.62. The average molecular weight is 330 g/mol. The van der Waals surface area contributed by atoms with Gasteiger partial charge in [0.15, 0.2) is 0 Å². The third kappa shape index (κ3) is 4.75. The summed E-state index contributed by atoms with van der Waals surface area (Å²) in [7, 11) is 0. The van der Waals surface area contributed by atoms with Gasteiger partial charge in [-0.3, -0.25) is 4.79 Å². The van der Waals surface area contributed by atoms with Crippen LogP contribution in [0.4, 0.5) is 17.3 Å². The van der Waals surface area contributed by atoms with Crippen LogP contribution in [0.25, 0.3) is 5.57 Å². The first-order valence-electron chi connectivity index (χ1n) is 7.89. The molecule has 1 aromatic heterocycles. The summed E-state index contributed by atoms with van der Waals surface area (Å²) >= 11 is 0. The quantitative estimate of drug-likeness (QED) is 0.686. The zero-order valence-corrected chi connectivity index (χ0v) is 13.8. The monoisotopic (exact) mass is 330 g/mol. The molecule has 124 valence electrons. The minimum absolute atomic E-state index is 0.159. The number of carbonyl (C=O) groups excluding carboxylic acids is 1. The molecule has 0 atom stereocenters. The highest BCUT2D eigenvalue weighted by Gasteiger charge is 2.02. The summed E-state index contributed by atoms with van der Waals surface area (Å²) in [6.45, 7) is 1.92. The van der Waals surface area contributed by atoms with Crippen molar-refractivity contribution in [2.45, 2.75) is 6.92 Å². The molecule has 0 aliphatic rings. The maximum atomic E-state index is 12.1. The number of hydrogen-bond acceptors (Lipinski definition) is 4. The predicted octanol–water partition coefficient (Wildman–Crippen LogP) is 4.26. The van der Waals surface area contributed by atoms with Crippen LogP contribution >= 0.6 is 0 Å². The number of aromatic nitrogens is 2. The molecular weight excluding hydrogens is 312 g/mol. The standard InChI is InChI=1S/C20H18N4O/c1-15(16-6-3-2-4-7-16)14-19(25)23-17-8-10-18(11-9-17)24-20-21-12-5-13-22-20/h2-14H,1H3,(H,23,25)(H,21,22,24)/b15-14+. The molecule has 0 saturated heterocycles. The van der Waals surface area contributed by atoms with E-state index in [4.69, 9.17) is 0 Å². The number of anilines is 3. The van der Waals surface area contributed by atoms with Gasteiger partial charge < -0.3 is 10.6 Å². The van der Waals surface area contributed by atoms with Crippen molar-refractivity contribution in [3.05, 3.63) is 84.7 Å². The Morgan fingerprint density at radius 1 is 0.880 bits per heavy atom. The summed E-state index contributed by atoms with van der Waals surface area (Å²) in [5.41, 5.74) is 3.51. The molecule has 2 N–H and O–H groups in total. The Hall–Kier alpha value is -3.47. The Labute approximate surface area is 146 Å². The number of rotatable bonds is 5. The zero-order chi connectivity index (χ0) is 17.5. The van der Waals surface area contributed by atoms with E-state index in [2.05, 4.69) is 20.6 Å². The van der Waals surface area contributed by atoms with Gasteiger partial charge in [-0.1, -0.05) is 30.3 Å². The van der Waals surface area contributed by atoms with Gasteiger partial charge in [-0.2, -0.15) is 0 Å². The van der Waals surface area contributed by atoms with Gasteiger partial charge in [0, 0.05) is 29.8 Å². The molecule has 0 fully saturated rings. The smallest absolute Gasteiger partial charge is 0.248 e. The van der Waals surface area contributed by atoms with Gasteiger partial charge >= 0.3 is 0 Å². The molecule has 3 rings (SSSR count). The zero-order valence-electron chi connectivity index (χ0n) is 13.8. The molecule has 0 radical (unpaired) electrons. The van der Waals surface area contributed by atoms with Crippen molar-refractivity contribution in [3.63, 3.8) is 0 Å². The molecule has 2 aromatic carbocycles. The molecule has 0 unspecified atom stereocenters. The van der Waals surface area contributed by atoms with Crippen LogP contribution in [-0.2, 0) is 4.79 Å². The highest BCUT2D eigenvalue weighted by Crippen LogP contribution is 2.17. The van der Waals surface area contributed by atoms with E-state index in [9.17, 15) is 4.79 Å². The molecule has 5 heteroatoms. The second kappa shape index (κ2) is 7.88. The normalized spacial score (nSPS) is 11.0. The second-order valence-corrected chi connectivity index (χ2v) is 5.46. The molecule has 1 heterocycles. The van der Waals surface area contributed by atoms with Crippen LogP contribution in [0, 0.1) is 0 Å². The van der Waals surface area contributed by atoms with Crippen LogP contribution < -0.4 is 10.6 Å². The maximum Gasteiger partial charge on any atom is 0.248 e. The molecular formula is C20H18N4O. The lowest BCUT2D eigenvalue weighted by Crippen LogP contribution is -2.08. The largest absolute Gasteiger partial charge is 0.324 e. The first kappa shape index (κ1) is 16.4. The SMILES string of the molecule is C/C(=C\C(=O)Nc1ccc(Nc2ncccn2)cc1)c1ccccc1. The Kier molecular flexibility index (Phi) is 5.16. The molecule has 0 aliphatic carbocycles. The number of benzene rings is 2. The van der Waals surface area contributed by atoms with E-state index in [0.29, 0.717) is 5.95 Å². The highest BCUT2D eigenvalue weighted by molar-refractivity contribution is 6.03. The molecule has 3 aromatic rings. The highest BCUT2D eigenvalue weighted by atomic mass is 16.1. The minimum atomic E-state index is -0.159. The van der Waals surface area contributed by atoms with Crippen molar-refractivity contribution in [2.75, 3.05) is 10.6 Å². The molecule has 25 heavy (non-hydrogen) atoms. The van der Waals surface area contributed by atoms with E-state index in [1.807, 2.05) is 61.5 Å². The number of allylic oxidation sites excluding steroid dienone is 1. The van der Waals surface area contributed by atoms with Gasteiger partial charge in [0.2, 0.25) is 11.9 Å². The van der Waals surface area contributed by atoms with Gasteiger partial charge in [-0.25, -0.2) is 9.97 Å². The molecule has 0 saturated carbocycles. The van der Waals surface area contributed by atoms with Crippen LogP contribution in [0.2, 0.25) is 0 Å². The third-order valence-electron chi connectivity index (χ3n) is 3.55. The van der Waals surface area contributed by atoms with Crippen LogP contribution in [0.5, 0.6) is 0 Å². The maximum absolute atomic E-state index is 12.1. The van der Waals surface area contributed by atoms with E-state index in [1.165, 1.54) is 0 Å². The van der Waals surface area contributed by atoms with E-state index in [0.717, 1.165) is 22.5 Å². The van der Waals surface area contributed by atoms with Gasteiger partial charge in [-0.05, 0) is 48.4 Å². The van der Waals surface area contributed by atoms with Crippen molar-refractivity contribution >= 4 is 28.8 Å². The minimum Gasteiger partial charge on any atom is -0.324 e. The number of nitrogens with one attached hydrogen (secondary N) is 2. The molecule has 0 aliphatic heterocycles. The Morgan fingerprint density at radius 3 is 2.20 bits per heavy atom. The predicted molar refractivity (Wildman–Crippen MR) is 100 cm³/mol. The summed E-state index contributed by atoms with van der Waals surface area (Å²) in [5.74, 6) is 0.370. The van der Waals surface area contributed by atoms with Gasteiger partial charge in [-0.15, -0.1) is 0 Å². The van der Waals surface area contributed by atoms with Gasteiger partial charge in [0.25, 0.3) is 0 Å². The fourth-order valence-electron chi connectivity index (χ4n) is 2.29. The van der Waals surface area contributed by atoms with Crippen molar-refractivity contribution in [1.82, 2.24) is 9.97 Å². The van der Waals surface area contributed by atoms with Crippen molar-refractivity contribution < 1.29 is 4.79 Å². The molecule has 0 bridgehead atoms. The first-order valence-corrected chi connectivity index (χ1v) is 7.89. The van der Waals surface area contributed by atoms with Crippen LogP contribution in [0.3, 0.4) is 0 Å².